The molecule has 33 heavy (non-hydrogen) atoms. The van der Waals surface area contributed by atoms with Gasteiger partial charge in [-0.25, -0.2) is 8.42 Å². The molecule has 2 aromatic rings. The zero-order chi connectivity index (χ0) is 24.9. The number of benzene rings is 2. The third kappa shape index (κ3) is 7.39. The fourth-order valence-corrected chi connectivity index (χ4v) is 4.92. The van der Waals surface area contributed by atoms with Gasteiger partial charge in [0.1, 0.15) is 12.6 Å². The molecule has 0 aliphatic heterocycles. The molecule has 0 spiro atoms. The van der Waals surface area contributed by atoms with Crippen LogP contribution in [0.15, 0.2) is 36.4 Å². The molecule has 0 aliphatic carbocycles. The second-order valence-electron chi connectivity index (χ2n) is 7.19. The fourth-order valence-electron chi connectivity index (χ4n) is 3.06. The van der Waals surface area contributed by atoms with Gasteiger partial charge in [0, 0.05) is 38.7 Å². The van der Waals surface area contributed by atoms with Gasteiger partial charge in [-0.15, -0.1) is 0 Å². The van der Waals surface area contributed by atoms with Crippen molar-refractivity contribution in [2.24, 2.45) is 0 Å². The van der Waals surface area contributed by atoms with Crippen molar-refractivity contribution in [3.8, 4) is 0 Å². The van der Waals surface area contributed by atoms with Crippen LogP contribution in [-0.2, 0) is 26.2 Å². The van der Waals surface area contributed by atoms with Crippen molar-refractivity contribution in [1.29, 1.82) is 0 Å². The number of sulfonamides is 1. The number of anilines is 1. The molecule has 1 atom stereocenters. The molecule has 0 saturated heterocycles. The lowest BCUT2D eigenvalue weighted by atomic mass is 10.1. The van der Waals surface area contributed by atoms with E-state index in [9.17, 15) is 18.0 Å². The first kappa shape index (κ1) is 27.5. The van der Waals surface area contributed by atoms with Gasteiger partial charge < -0.3 is 10.2 Å². The Morgan fingerprint density at radius 2 is 1.58 bits per heavy atom. The summed E-state index contributed by atoms with van der Waals surface area (Å²) in [7, 11) is -3.91. The first-order valence-electron chi connectivity index (χ1n) is 9.79. The third-order valence-electron chi connectivity index (χ3n) is 4.72. The smallest absolute Gasteiger partial charge is 0.244 e. The summed E-state index contributed by atoms with van der Waals surface area (Å²) in [5, 5.41) is 3.69. The summed E-state index contributed by atoms with van der Waals surface area (Å²) in [5.74, 6) is -1.06. The first-order chi connectivity index (χ1) is 15.3. The van der Waals surface area contributed by atoms with Gasteiger partial charge in [0.05, 0.1) is 11.9 Å². The van der Waals surface area contributed by atoms with Crippen LogP contribution in [0.5, 0.6) is 0 Å². The predicted molar refractivity (Wildman–Crippen MR) is 134 cm³/mol. The maximum atomic E-state index is 13.4. The van der Waals surface area contributed by atoms with Gasteiger partial charge in [0.15, 0.2) is 0 Å². The van der Waals surface area contributed by atoms with Crippen molar-refractivity contribution in [2.75, 3.05) is 23.7 Å². The number of amides is 2. The number of nitrogens with one attached hydrogen (secondary N) is 1. The largest absolute Gasteiger partial charge is 0.355 e. The normalized spacial score (nSPS) is 12.2. The van der Waals surface area contributed by atoms with Crippen molar-refractivity contribution in [1.82, 2.24) is 10.2 Å². The summed E-state index contributed by atoms with van der Waals surface area (Å²) in [6.07, 6.45) is 0.956. The van der Waals surface area contributed by atoms with Gasteiger partial charge in [0.25, 0.3) is 0 Å². The molecule has 0 saturated carbocycles. The molecule has 2 aromatic carbocycles. The molecule has 0 radical (unpaired) electrons. The van der Waals surface area contributed by atoms with Crippen LogP contribution in [0.4, 0.5) is 5.69 Å². The highest BCUT2D eigenvalue weighted by atomic mass is 35.5. The van der Waals surface area contributed by atoms with Gasteiger partial charge in [-0.05, 0) is 44.2 Å². The lowest BCUT2D eigenvalue weighted by molar-refractivity contribution is -0.139. The second-order valence-corrected chi connectivity index (χ2v) is 10.8. The Bertz CT molecular complexity index is 1100. The summed E-state index contributed by atoms with van der Waals surface area (Å²) >= 11 is 24.6. The topological polar surface area (TPSA) is 86.8 Å². The molecule has 0 bridgehead atoms. The van der Waals surface area contributed by atoms with E-state index in [0.717, 1.165) is 10.6 Å². The first-order valence-corrected chi connectivity index (χ1v) is 13.1. The van der Waals surface area contributed by atoms with Gasteiger partial charge in [-0.3, -0.25) is 13.9 Å². The van der Waals surface area contributed by atoms with E-state index in [0.29, 0.717) is 22.2 Å². The second kappa shape index (κ2) is 11.6. The van der Waals surface area contributed by atoms with E-state index in [1.54, 1.807) is 25.1 Å². The Morgan fingerprint density at radius 1 is 1.03 bits per heavy atom. The highest BCUT2D eigenvalue weighted by Gasteiger charge is 2.31. The number of rotatable bonds is 9. The Balaban J connectivity index is 2.48. The zero-order valence-electron chi connectivity index (χ0n) is 18.1. The number of nitrogens with zero attached hydrogens (tertiary/aromatic N) is 2. The lowest BCUT2D eigenvalue weighted by Crippen LogP contribution is -2.51. The summed E-state index contributed by atoms with van der Waals surface area (Å²) < 4.78 is 25.9. The van der Waals surface area contributed by atoms with Crippen LogP contribution in [-0.4, -0.2) is 50.5 Å². The third-order valence-corrected chi connectivity index (χ3v) is 7.01. The number of hydrogen-bond acceptors (Lipinski definition) is 4. The molecule has 0 fully saturated rings. The van der Waals surface area contributed by atoms with E-state index in [1.807, 2.05) is 0 Å². The Hall–Kier alpha value is -1.71. The molecule has 180 valence electrons. The number of halogens is 4. The summed E-state index contributed by atoms with van der Waals surface area (Å²) in [4.78, 5) is 27.2. The average Bonchev–Trinajstić information content (AvgIpc) is 2.69. The quantitative estimate of drug-likeness (QED) is 0.490. The van der Waals surface area contributed by atoms with Crippen molar-refractivity contribution in [2.45, 2.75) is 26.4 Å². The molecule has 2 amide bonds. The van der Waals surface area contributed by atoms with Crippen LogP contribution in [0.3, 0.4) is 0 Å². The van der Waals surface area contributed by atoms with Crippen LogP contribution in [0.1, 0.15) is 19.4 Å². The van der Waals surface area contributed by atoms with Crippen molar-refractivity contribution in [3.05, 3.63) is 62.1 Å². The number of hydrogen-bond donors (Lipinski definition) is 1. The summed E-state index contributed by atoms with van der Waals surface area (Å²) in [5.41, 5.74) is 0.548. The minimum absolute atomic E-state index is 0.108. The molecule has 0 unspecified atom stereocenters. The number of carbonyl (C=O) groups is 2. The van der Waals surface area contributed by atoms with E-state index < -0.39 is 34.4 Å². The predicted octanol–water partition coefficient (Wildman–Crippen LogP) is 4.62. The van der Waals surface area contributed by atoms with Crippen molar-refractivity contribution < 1.29 is 18.0 Å². The van der Waals surface area contributed by atoms with Gasteiger partial charge in [-0.2, -0.15) is 0 Å². The van der Waals surface area contributed by atoms with Gasteiger partial charge in [0.2, 0.25) is 21.8 Å². The average molecular weight is 555 g/mol. The van der Waals surface area contributed by atoms with E-state index in [-0.39, 0.29) is 22.3 Å². The Kier molecular flexibility index (Phi) is 9.70. The zero-order valence-corrected chi connectivity index (χ0v) is 22.0. The number of likely N-dealkylation sites (N-methyl/N-ethyl adjacent to an activating group) is 1. The van der Waals surface area contributed by atoms with Gasteiger partial charge in [-0.1, -0.05) is 52.5 Å². The number of carbonyl (C=O) groups excluding carboxylic acids is 2. The summed E-state index contributed by atoms with van der Waals surface area (Å²) in [6, 6.07) is 8.14. The molecule has 0 aromatic heterocycles. The molecule has 12 heteroatoms. The molecule has 0 heterocycles. The highest BCUT2D eigenvalue weighted by molar-refractivity contribution is 7.92. The molecular formula is C21H23Cl4N3O4S. The molecule has 2 rings (SSSR count). The summed E-state index contributed by atoms with van der Waals surface area (Å²) in [6.45, 7) is 2.93. The molecule has 7 nitrogen and oxygen atoms in total. The van der Waals surface area contributed by atoms with E-state index in [2.05, 4.69) is 5.32 Å². The fraction of sp³-hybridized carbons (Fsp3) is 0.333. The Morgan fingerprint density at radius 3 is 2.06 bits per heavy atom. The SMILES string of the molecule is CCNC(=O)[C@@H](C)N(Cc1c(Cl)cccc1Cl)C(=O)CN(c1cc(Cl)cc(Cl)c1)S(C)(=O)=O. The van der Waals surface area contributed by atoms with E-state index in [4.69, 9.17) is 46.4 Å². The van der Waals surface area contributed by atoms with E-state index in [1.165, 1.54) is 30.0 Å². The lowest BCUT2D eigenvalue weighted by Gasteiger charge is -2.32. The molecule has 0 aliphatic rings. The monoisotopic (exact) mass is 553 g/mol. The van der Waals surface area contributed by atoms with Crippen molar-refractivity contribution >= 4 is 73.9 Å². The van der Waals surface area contributed by atoms with Crippen LogP contribution in [0.2, 0.25) is 20.1 Å². The van der Waals surface area contributed by atoms with Crippen LogP contribution >= 0.6 is 46.4 Å². The minimum atomic E-state index is -3.91. The molecule has 1 N–H and O–H groups in total. The van der Waals surface area contributed by atoms with Crippen LogP contribution in [0, 0.1) is 0 Å². The minimum Gasteiger partial charge on any atom is -0.355 e. The standard InChI is InChI=1S/C21H23Cl4N3O4S/c1-4-26-21(30)13(2)27(11-17-18(24)6-5-7-19(17)25)20(29)12-28(33(3,31)32)16-9-14(22)8-15(23)10-16/h5-10,13H,4,11-12H2,1-3H3,(H,26,30)/t13-/m1/s1. The van der Waals surface area contributed by atoms with Gasteiger partial charge >= 0.3 is 0 Å². The molecular weight excluding hydrogens is 532 g/mol. The van der Waals surface area contributed by atoms with E-state index >= 15 is 0 Å². The van der Waals surface area contributed by atoms with Crippen LogP contribution < -0.4 is 9.62 Å². The van der Waals surface area contributed by atoms with Crippen molar-refractivity contribution in [3.63, 3.8) is 0 Å². The maximum Gasteiger partial charge on any atom is 0.244 e. The Labute approximate surface area is 213 Å². The maximum absolute atomic E-state index is 13.4. The highest BCUT2D eigenvalue weighted by Crippen LogP contribution is 2.29. The van der Waals surface area contributed by atoms with Crippen LogP contribution in [0.25, 0.3) is 0 Å².